The predicted octanol–water partition coefficient (Wildman–Crippen LogP) is 2.80. The average Bonchev–Trinajstić information content (AvgIpc) is 2.38. The Morgan fingerprint density at radius 3 is 2.67 bits per heavy atom. The molecule has 0 unspecified atom stereocenters. The van der Waals surface area contributed by atoms with E-state index in [-0.39, 0.29) is 11.1 Å². The van der Waals surface area contributed by atoms with Gasteiger partial charge in [0, 0.05) is 18.5 Å². The van der Waals surface area contributed by atoms with E-state index in [1.165, 1.54) is 0 Å². The van der Waals surface area contributed by atoms with Gasteiger partial charge in [-0.15, -0.1) is 0 Å². The van der Waals surface area contributed by atoms with E-state index in [1.54, 1.807) is 0 Å². The molecule has 0 atom stereocenters. The maximum atomic E-state index is 12.2. The molecule has 0 saturated carbocycles. The molecule has 2 aromatic rings. The summed E-state index contributed by atoms with van der Waals surface area (Å²) in [5.74, 6) is -0.185. The topological polar surface area (TPSA) is 45.2 Å². The highest BCUT2D eigenvalue weighted by atomic mass is 35.5. The fourth-order valence-corrected chi connectivity index (χ4v) is 2.50. The number of carbonyl (C=O) groups excluding carboxylic acids is 1. The molecule has 1 N–H and O–H groups in total. The summed E-state index contributed by atoms with van der Waals surface area (Å²) in [6.07, 6.45) is 0. The van der Waals surface area contributed by atoms with E-state index in [1.807, 2.05) is 45.0 Å². The molecule has 0 radical (unpaired) electrons. The van der Waals surface area contributed by atoms with Gasteiger partial charge in [-0.2, -0.15) is 0 Å². The number of benzene rings is 1. The van der Waals surface area contributed by atoms with E-state index >= 15 is 0 Å². The highest BCUT2D eigenvalue weighted by molar-refractivity contribution is 6.33. The quantitative estimate of drug-likeness (QED) is 0.884. The number of fused-ring (bicyclic) bond motifs is 1. The Kier molecular flexibility index (Phi) is 4.80. The van der Waals surface area contributed by atoms with Crippen molar-refractivity contribution in [2.24, 2.45) is 0 Å². The lowest BCUT2D eigenvalue weighted by atomic mass is 10.1. The number of nitrogens with zero attached hydrogens (tertiary/aromatic N) is 2. The number of hydrogen-bond acceptors (Lipinski definition) is 3. The lowest BCUT2D eigenvalue weighted by Gasteiger charge is -2.12. The summed E-state index contributed by atoms with van der Waals surface area (Å²) in [5.41, 5.74) is 3.47. The Balaban J connectivity index is 2.32. The number of rotatable bonds is 4. The lowest BCUT2D eigenvalue weighted by Crippen LogP contribution is -2.31. The molecule has 0 bridgehead atoms. The second kappa shape index (κ2) is 6.41. The summed E-state index contributed by atoms with van der Waals surface area (Å²) < 4.78 is 0. The van der Waals surface area contributed by atoms with E-state index in [0.717, 1.165) is 28.6 Å². The molecule has 1 amide bonds. The van der Waals surface area contributed by atoms with Crippen LogP contribution in [0.2, 0.25) is 5.15 Å². The smallest absolute Gasteiger partial charge is 0.254 e. The Morgan fingerprint density at radius 1 is 1.29 bits per heavy atom. The van der Waals surface area contributed by atoms with Crippen LogP contribution >= 0.6 is 11.6 Å². The van der Waals surface area contributed by atoms with Gasteiger partial charge < -0.3 is 10.2 Å². The van der Waals surface area contributed by atoms with Crippen LogP contribution in [0.15, 0.2) is 18.2 Å². The van der Waals surface area contributed by atoms with Crippen LogP contribution in [0.1, 0.15) is 21.5 Å². The van der Waals surface area contributed by atoms with Crippen molar-refractivity contribution in [1.29, 1.82) is 0 Å². The first-order valence-electron chi connectivity index (χ1n) is 6.89. The van der Waals surface area contributed by atoms with Crippen LogP contribution in [0.4, 0.5) is 0 Å². The number of carbonyl (C=O) groups is 1. The number of amides is 1. The first-order valence-corrected chi connectivity index (χ1v) is 7.26. The van der Waals surface area contributed by atoms with Crippen molar-refractivity contribution in [3.05, 3.63) is 40.0 Å². The molecule has 0 saturated heterocycles. The van der Waals surface area contributed by atoms with Gasteiger partial charge in [-0.05, 0) is 45.6 Å². The monoisotopic (exact) mass is 305 g/mol. The van der Waals surface area contributed by atoms with E-state index in [0.29, 0.717) is 12.1 Å². The molecule has 0 aliphatic rings. The number of halogens is 1. The fraction of sp³-hybridized carbons (Fsp3) is 0.375. The summed E-state index contributed by atoms with van der Waals surface area (Å²) in [6, 6.07) is 5.89. The Labute approximate surface area is 130 Å². The van der Waals surface area contributed by atoms with Gasteiger partial charge in [0.2, 0.25) is 0 Å². The molecular formula is C16H20ClN3O. The zero-order valence-electron chi connectivity index (χ0n) is 12.8. The van der Waals surface area contributed by atoms with Gasteiger partial charge in [-0.25, -0.2) is 4.98 Å². The first kappa shape index (κ1) is 15.7. The van der Waals surface area contributed by atoms with Gasteiger partial charge in [-0.1, -0.05) is 23.2 Å². The van der Waals surface area contributed by atoms with Crippen LogP contribution in [-0.2, 0) is 0 Å². The number of nitrogens with one attached hydrogen (secondary N) is 1. The molecule has 0 spiro atoms. The zero-order chi connectivity index (χ0) is 15.6. The molecule has 0 aliphatic carbocycles. The normalized spacial score (nSPS) is 11.1. The molecule has 21 heavy (non-hydrogen) atoms. The largest absolute Gasteiger partial charge is 0.351 e. The van der Waals surface area contributed by atoms with E-state index in [4.69, 9.17) is 11.6 Å². The van der Waals surface area contributed by atoms with Crippen molar-refractivity contribution in [2.45, 2.75) is 13.8 Å². The summed E-state index contributed by atoms with van der Waals surface area (Å²) in [4.78, 5) is 18.6. The van der Waals surface area contributed by atoms with Crippen LogP contribution in [0.5, 0.6) is 0 Å². The Morgan fingerprint density at radius 2 is 2.00 bits per heavy atom. The Hall–Kier alpha value is -1.65. The molecule has 1 aromatic heterocycles. The molecule has 112 valence electrons. The van der Waals surface area contributed by atoms with E-state index in [2.05, 4.69) is 16.4 Å². The average molecular weight is 306 g/mol. The van der Waals surface area contributed by atoms with Crippen LogP contribution < -0.4 is 5.32 Å². The second-order valence-corrected chi connectivity index (χ2v) is 5.90. The predicted molar refractivity (Wildman–Crippen MR) is 87.1 cm³/mol. The van der Waals surface area contributed by atoms with Crippen molar-refractivity contribution >= 4 is 28.4 Å². The van der Waals surface area contributed by atoms with Crippen molar-refractivity contribution in [3.63, 3.8) is 0 Å². The summed E-state index contributed by atoms with van der Waals surface area (Å²) in [7, 11) is 3.92. The minimum atomic E-state index is -0.185. The second-order valence-electron chi connectivity index (χ2n) is 5.54. The van der Waals surface area contributed by atoms with E-state index in [9.17, 15) is 4.79 Å². The first-order chi connectivity index (χ1) is 9.88. The highest BCUT2D eigenvalue weighted by Crippen LogP contribution is 2.24. The summed E-state index contributed by atoms with van der Waals surface area (Å²) >= 11 is 6.17. The summed E-state index contributed by atoms with van der Waals surface area (Å²) in [5, 5.41) is 4.05. The van der Waals surface area contributed by atoms with Crippen LogP contribution in [0.3, 0.4) is 0 Å². The third kappa shape index (κ3) is 3.71. The molecule has 1 aromatic carbocycles. The van der Waals surface area contributed by atoms with Crippen molar-refractivity contribution in [1.82, 2.24) is 15.2 Å². The van der Waals surface area contributed by atoms with Gasteiger partial charge in [0.25, 0.3) is 5.91 Å². The minimum Gasteiger partial charge on any atom is -0.351 e. The summed E-state index contributed by atoms with van der Waals surface area (Å²) in [6.45, 7) is 5.38. The van der Waals surface area contributed by atoms with Gasteiger partial charge in [0.1, 0.15) is 5.15 Å². The van der Waals surface area contributed by atoms with Crippen molar-refractivity contribution in [2.75, 3.05) is 27.2 Å². The van der Waals surface area contributed by atoms with Crippen molar-refractivity contribution < 1.29 is 4.79 Å². The molecule has 5 heteroatoms. The number of hydrogen-bond donors (Lipinski definition) is 1. The van der Waals surface area contributed by atoms with Crippen LogP contribution in [-0.4, -0.2) is 43.0 Å². The molecule has 2 rings (SSSR count). The number of likely N-dealkylation sites (N-methyl/N-ethyl adjacent to an activating group) is 1. The van der Waals surface area contributed by atoms with Crippen LogP contribution in [0.25, 0.3) is 10.9 Å². The highest BCUT2D eigenvalue weighted by Gasteiger charge is 2.14. The maximum absolute atomic E-state index is 12.2. The number of aryl methyl sites for hydroxylation is 2. The zero-order valence-corrected chi connectivity index (χ0v) is 13.6. The maximum Gasteiger partial charge on any atom is 0.254 e. The molecular weight excluding hydrogens is 286 g/mol. The standard InChI is InChI=1S/C16H20ClN3O/c1-10-7-11(2)14-12(8-10)9-13(15(17)19-14)16(21)18-5-6-20(3)4/h7-9H,5-6H2,1-4H3,(H,18,21). The third-order valence-electron chi connectivity index (χ3n) is 3.30. The van der Waals surface area contributed by atoms with Gasteiger partial charge >= 0.3 is 0 Å². The molecule has 0 aliphatic heterocycles. The lowest BCUT2D eigenvalue weighted by molar-refractivity contribution is 0.0951. The Bertz CT molecular complexity index is 683. The van der Waals surface area contributed by atoms with Gasteiger partial charge in [0.15, 0.2) is 0 Å². The molecule has 1 heterocycles. The van der Waals surface area contributed by atoms with Gasteiger partial charge in [0.05, 0.1) is 11.1 Å². The number of aromatic nitrogens is 1. The third-order valence-corrected chi connectivity index (χ3v) is 3.58. The minimum absolute atomic E-state index is 0.185. The molecule has 4 nitrogen and oxygen atoms in total. The van der Waals surface area contributed by atoms with Crippen LogP contribution in [0, 0.1) is 13.8 Å². The molecule has 0 fully saturated rings. The number of pyridine rings is 1. The van der Waals surface area contributed by atoms with Gasteiger partial charge in [-0.3, -0.25) is 4.79 Å². The fourth-order valence-electron chi connectivity index (χ4n) is 2.28. The van der Waals surface area contributed by atoms with E-state index < -0.39 is 0 Å². The van der Waals surface area contributed by atoms with Crippen molar-refractivity contribution in [3.8, 4) is 0 Å². The SMILES string of the molecule is Cc1cc(C)c2nc(Cl)c(C(=O)NCCN(C)C)cc2c1.